The molecule has 1 unspecified atom stereocenters. The van der Waals surface area contributed by atoms with E-state index in [4.69, 9.17) is 0 Å². The summed E-state index contributed by atoms with van der Waals surface area (Å²) < 4.78 is 0. The highest BCUT2D eigenvalue weighted by atomic mass is 15.0. The molecule has 0 aromatic rings. The Balaban J connectivity index is 2.30. The van der Waals surface area contributed by atoms with E-state index >= 15 is 0 Å². The molecule has 1 rings (SSSR count). The van der Waals surface area contributed by atoms with Crippen LogP contribution in [0.1, 0.15) is 98.3 Å². The normalized spacial score (nSPS) is 22.3. The van der Waals surface area contributed by atoms with Gasteiger partial charge in [-0.3, -0.25) is 0 Å². The van der Waals surface area contributed by atoms with Crippen molar-refractivity contribution in [2.75, 3.05) is 0 Å². The first-order valence-electron chi connectivity index (χ1n) is 8.83. The van der Waals surface area contributed by atoms with Crippen molar-refractivity contribution in [2.45, 2.75) is 110 Å². The maximum absolute atomic E-state index is 3.99. The largest absolute Gasteiger partial charge is 0.311 e. The van der Waals surface area contributed by atoms with Crippen LogP contribution in [0.4, 0.5) is 0 Å². The first-order valence-corrected chi connectivity index (χ1v) is 8.83. The highest BCUT2D eigenvalue weighted by Gasteiger charge is 2.31. The predicted molar refractivity (Wildman–Crippen MR) is 86.6 cm³/mol. The van der Waals surface area contributed by atoms with Gasteiger partial charge < -0.3 is 5.32 Å². The van der Waals surface area contributed by atoms with Gasteiger partial charge in [0, 0.05) is 12.1 Å². The van der Waals surface area contributed by atoms with Gasteiger partial charge in [0.1, 0.15) is 0 Å². The molecule has 1 heteroatoms. The van der Waals surface area contributed by atoms with Crippen molar-refractivity contribution in [1.29, 1.82) is 0 Å². The molecule has 0 amide bonds. The molecule has 114 valence electrons. The Labute approximate surface area is 121 Å². The second-order valence-corrected chi connectivity index (χ2v) is 7.46. The van der Waals surface area contributed by atoms with Crippen LogP contribution in [0.15, 0.2) is 0 Å². The molecule has 0 aliphatic heterocycles. The van der Waals surface area contributed by atoms with Gasteiger partial charge in [-0.25, -0.2) is 0 Å². The number of rotatable bonds is 10. The summed E-state index contributed by atoms with van der Waals surface area (Å²) in [5.74, 6) is 0. The maximum atomic E-state index is 3.99. The van der Waals surface area contributed by atoms with Gasteiger partial charge in [0.25, 0.3) is 0 Å². The lowest BCUT2D eigenvalue weighted by molar-refractivity contribution is 0.333. The molecule has 1 nitrogen and oxygen atoms in total. The van der Waals surface area contributed by atoms with Crippen molar-refractivity contribution in [3.63, 3.8) is 0 Å². The van der Waals surface area contributed by atoms with Crippen molar-refractivity contribution < 1.29 is 0 Å². The van der Waals surface area contributed by atoms with Crippen LogP contribution >= 0.6 is 0 Å². The van der Waals surface area contributed by atoms with E-state index in [1.54, 1.807) is 0 Å². The van der Waals surface area contributed by atoms with E-state index in [0.717, 1.165) is 12.1 Å². The zero-order valence-corrected chi connectivity index (χ0v) is 13.9. The maximum Gasteiger partial charge on any atom is 0.00749 e. The standard InChI is InChI=1S/C18H37N/c1-5-7-9-11-16(12-10-8-6-2)19-17-13-14-18(3,4)15-17/h16-17,19H,5-15H2,1-4H3. The van der Waals surface area contributed by atoms with E-state index < -0.39 is 0 Å². The molecule has 0 radical (unpaired) electrons. The molecule has 0 spiro atoms. The summed E-state index contributed by atoms with van der Waals surface area (Å²) in [4.78, 5) is 0. The van der Waals surface area contributed by atoms with Gasteiger partial charge in [0.2, 0.25) is 0 Å². The molecule has 1 aliphatic rings. The van der Waals surface area contributed by atoms with E-state index in [1.165, 1.54) is 70.6 Å². The Morgan fingerprint density at radius 2 is 1.58 bits per heavy atom. The van der Waals surface area contributed by atoms with Crippen LogP contribution in [0.2, 0.25) is 0 Å². The molecule has 1 aliphatic carbocycles. The highest BCUT2D eigenvalue weighted by molar-refractivity contribution is 4.88. The zero-order chi connectivity index (χ0) is 14.1. The Morgan fingerprint density at radius 3 is 2.00 bits per heavy atom. The van der Waals surface area contributed by atoms with Gasteiger partial charge in [0.15, 0.2) is 0 Å². The van der Waals surface area contributed by atoms with Crippen LogP contribution in [0.25, 0.3) is 0 Å². The molecule has 0 aromatic heterocycles. The summed E-state index contributed by atoms with van der Waals surface area (Å²) in [7, 11) is 0. The van der Waals surface area contributed by atoms with Gasteiger partial charge >= 0.3 is 0 Å². The average molecular weight is 268 g/mol. The number of unbranched alkanes of at least 4 members (excludes halogenated alkanes) is 4. The number of hydrogen-bond acceptors (Lipinski definition) is 1. The first-order chi connectivity index (χ1) is 9.07. The lowest BCUT2D eigenvalue weighted by Crippen LogP contribution is -2.37. The molecule has 0 heterocycles. The quantitative estimate of drug-likeness (QED) is 0.502. The fourth-order valence-electron chi connectivity index (χ4n) is 3.50. The third kappa shape index (κ3) is 7.34. The number of hydrogen-bond donors (Lipinski definition) is 1. The molecular weight excluding hydrogens is 230 g/mol. The third-order valence-electron chi connectivity index (χ3n) is 4.75. The Hall–Kier alpha value is -0.0400. The highest BCUT2D eigenvalue weighted by Crippen LogP contribution is 2.37. The number of nitrogens with one attached hydrogen (secondary N) is 1. The Morgan fingerprint density at radius 1 is 1.00 bits per heavy atom. The Kier molecular flexibility index (Phi) is 8.06. The van der Waals surface area contributed by atoms with E-state index in [0.29, 0.717) is 5.41 Å². The van der Waals surface area contributed by atoms with Crippen LogP contribution in [0.3, 0.4) is 0 Å². The fraction of sp³-hybridized carbons (Fsp3) is 1.00. The molecule has 0 saturated heterocycles. The second kappa shape index (κ2) is 9.00. The van der Waals surface area contributed by atoms with E-state index in [9.17, 15) is 0 Å². The van der Waals surface area contributed by atoms with Gasteiger partial charge in [-0.2, -0.15) is 0 Å². The molecule has 1 atom stereocenters. The SMILES string of the molecule is CCCCCC(CCCCC)NC1CCC(C)(C)C1. The molecular formula is C18H37N. The zero-order valence-electron chi connectivity index (χ0n) is 13.9. The summed E-state index contributed by atoms with van der Waals surface area (Å²) in [5.41, 5.74) is 0.578. The molecule has 0 aromatic carbocycles. The summed E-state index contributed by atoms with van der Waals surface area (Å²) in [6, 6.07) is 1.58. The van der Waals surface area contributed by atoms with Crippen LogP contribution in [0.5, 0.6) is 0 Å². The van der Waals surface area contributed by atoms with Crippen molar-refractivity contribution in [3.05, 3.63) is 0 Å². The summed E-state index contributed by atoms with van der Waals surface area (Å²) in [5, 5.41) is 3.99. The minimum atomic E-state index is 0.578. The van der Waals surface area contributed by atoms with Crippen LogP contribution < -0.4 is 5.32 Å². The van der Waals surface area contributed by atoms with Crippen LogP contribution in [-0.2, 0) is 0 Å². The topological polar surface area (TPSA) is 12.0 Å². The minimum Gasteiger partial charge on any atom is -0.311 e. The summed E-state index contributed by atoms with van der Waals surface area (Å²) in [6.07, 6.45) is 15.3. The molecule has 0 bridgehead atoms. The van der Waals surface area contributed by atoms with E-state index in [2.05, 4.69) is 33.0 Å². The van der Waals surface area contributed by atoms with Crippen molar-refractivity contribution in [1.82, 2.24) is 5.32 Å². The van der Waals surface area contributed by atoms with Crippen molar-refractivity contribution in [2.24, 2.45) is 5.41 Å². The van der Waals surface area contributed by atoms with Gasteiger partial charge in [-0.15, -0.1) is 0 Å². The molecule has 1 saturated carbocycles. The van der Waals surface area contributed by atoms with Gasteiger partial charge in [-0.05, 0) is 37.5 Å². The summed E-state index contributed by atoms with van der Waals surface area (Å²) >= 11 is 0. The molecule has 19 heavy (non-hydrogen) atoms. The Bertz CT molecular complexity index is 212. The lowest BCUT2D eigenvalue weighted by atomic mass is 9.91. The van der Waals surface area contributed by atoms with E-state index in [-0.39, 0.29) is 0 Å². The van der Waals surface area contributed by atoms with Crippen LogP contribution in [0, 0.1) is 5.41 Å². The van der Waals surface area contributed by atoms with Crippen LogP contribution in [-0.4, -0.2) is 12.1 Å². The first kappa shape index (κ1) is 17.0. The minimum absolute atomic E-state index is 0.578. The average Bonchev–Trinajstić information content (AvgIpc) is 2.69. The second-order valence-electron chi connectivity index (χ2n) is 7.46. The lowest BCUT2D eigenvalue weighted by Gasteiger charge is -2.24. The molecule has 1 fully saturated rings. The smallest absolute Gasteiger partial charge is 0.00749 e. The summed E-state index contributed by atoms with van der Waals surface area (Å²) in [6.45, 7) is 9.47. The van der Waals surface area contributed by atoms with E-state index in [1.807, 2.05) is 0 Å². The predicted octanol–water partition coefficient (Wildman–Crippen LogP) is 5.68. The molecule has 1 N–H and O–H groups in total. The fourth-order valence-corrected chi connectivity index (χ4v) is 3.50. The van der Waals surface area contributed by atoms with Gasteiger partial charge in [-0.1, -0.05) is 66.2 Å². The monoisotopic (exact) mass is 267 g/mol. The third-order valence-corrected chi connectivity index (χ3v) is 4.75. The van der Waals surface area contributed by atoms with Gasteiger partial charge in [0.05, 0.1) is 0 Å². The van der Waals surface area contributed by atoms with Crippen molar-refractivity contribution in [3.8, 4) is 0 Å². The van der Waals surface area contributed by atoms with Crippen molar-refractivity contribution >= 4 is 0 Å².